The summed E-state index contributed by atoms with van der Waals surface area (Å²) in [6.45, 7) is 28.1. The lowest BCUT2D eigenvalue weighted by Gasteiger charge is -2.44. The van der Waals surface area contributed by atoms with Gasteiger partial charge in [-0.15, -0.1) is 0 Å². The number of hydrogen-bond acceptors (Lipinski definition) is 3. The summed E-state index contributed by atoms with van der Waals surface area (Å²) in [5.41, 5.74) is 18.1. The zero-order valence-electron chi connectivity index (χ0n) is 41.0. The molecule has 336 valence electrons. The molecule has 2 nitrogen and oxygen atoms in total. The summed E-state index contributed by atoms with van der Waals surface area (Å²) < 4.78 is 2.56. The van der Waals surface area contributed by atoms with Gasteiger partial charge in [-0.25, -0.2) is 0 Å². The molecule has 3 heteroatoms. The van der Waals surface area contributed by atoms with E-state index in [2.05, 4.69) is 237 Å². The molecule has 0 radical (unpaired) electrons. The van der Waals surface area contributed by atoms with E-state index in [-0.39, 0.29) is 21.7 Å². The van der Waals surface area contributed by atoms with E-state index in [1.165, 1.54) is 101 Å². The van der Waals surface area contributed by atoms with Crippen molar-refractivity contribution in [3.05, 3.63) is 192 Å². The molecule has 1 saturated carbocycles. The molecule has 0 amide bonds. The molecule has 2 aliphatic carbocycles. The largest absolute Gasteiger partial charge is 0.380 e. The summed E-state index contributed by atoms with van der Waals surface area (Å²) in [6.07, 6.45) is 9.30. The molecule has 0 saturated heterocycles. The SMILES string of the molecule is C=C(C)C=C1/C(=C\NCSN(c2cc3c(cc2C)C(C)(C)CCC3(C)C)c2ccc(-c3ccccc3)cc2-c2cc3ccccc3c3cc(-c4ccccc4)ccc23)C(C)(C)CCC1(C)C. The minimum Gasteiger partial charge on any atom is -0.380 e. The monoisotopic (exact) mass is 885 g/mol. The zero-order valence-corrected chi connectivity index (χ0v) is 41.8. The lowest BCUT2D eigenvalue weighted by molar-refractivity contribution is 0.259. The Balaban J connectivity index is 1.26. The van der Waals surface area contributed by atoms with Crippen LogP contribution in [-0.4, -0.2) is 5.88 Å². The maximum Gasteiger partial charge on any atom is 0.0809 e. The predicted octanol–water partition coefficient (Wildman–Crippen LogP) is 18.2. The van der Waals surface area contributed by atoms with Crippen LogP contribution in [0.1, 0.15) is 105 Å². The molecule has 0 aromatic heterocycles. The van der Waals surface area contributed by atoms with E-state index in [1.54, 1.807) is 0 Å². The summed E-state index contributed by atoms with van der Waals surface area (Å²) in [7, 11) is 0. The number of benzene rings is 7. The molecule has 66 heavy (non-hydrogen) atoms. The Morgan fingerprint density at radius 3 is 1.76 bits per heavy atom. The fourth-order valence-corrected chi connectivity index (χ4v) is 11.7. The normalized spacial score (nSPS) is 18.3. The fraction of sp³-hybridized carbons (Fsp3) is 0.302. The third-order valence-corrected chi connectivity index (χ3v) is 16.0. The third-order valence-electron chi connectivity index (χ3n) is 15.0. The average Bonchev–Trinajstić information content (AvgIpc) is 3.30. The van der Waals surface area contributed by atoms with Crippen molar-refractivity contribution >= 4 is 44.9 Å². The van der Waals surface area contributed by atoms with Gasteiger partial charge < -0.3 is 5.32 Å². The van der Waals surface area contributed by atoms with E-state index < -0.39 is 0 Å². The van der Waals surface area contributed by atoms with Crippen molar-refractivity contribution < 1.29 is 0 Å². The molecule has 0 aliphatic heterocycles. The second kappa shape index (κ2) is 17.5. The van der Waals surface area contributed by atoms with Crippen molar-refractivity contribution in [2.24, 2.45) is 10.8 Å². The Hall–Kier alpha value is -5.77. The van der Waals surface area contributed by atoms with Crippen molar-refractivity contribution in [1.82, 2.24) is 5.32 Å². The first kappa shape index (κ1) is 45.4. The highest BCUT2D eigenvalue weighted by Gasteiger charge is 2.40. The van der Waals surface area contributed by atoms with Crippen LogP contribution in [0.4, 0.5) is 11.4 Å². The number of nitrogens with zero attached hydrogens (tertiary/aromatic N) is 1. The van der Waals surface area contributed by atoms with Crippen molar-refractivity contribution in [3.63, 3.8) is 0 Å². The van der Waals surface area contributed by atoms with E-state index in [4.69, 9.17) is 0 Å². The number of aryl methyl sites for hydroxylation is 1. The van der Waals surface area contributed by atoms with E-state index in [9.17, 15) is 0 Å². The maximum atomic E-state index is 4.32. The number of allylic oxidation sites excluding steroid dienone is 4. The molecule has 0 unspecified atom stereocenters. The summed E-state index contributed by atoms with van der Waals surface area (Å²) in [6, 6.07) is 52.3. The number of rotatable bonds is 10. The first-order valence-corrected chi connectivity index (χ1v) is 25.0. The molecule has 2 aliphatic rings. The van der Waals surface area contributed by atoms with Gasteiger partial charge in [-0.2, -0.15) is 0 Å². The van der Waals surface area contributed by atoms with Crippen LogP contribution in [0.5, 0.6) is 0 Å². The molecular weight excluding hydrogens is 817 g/mol. The van der Waals surface area contributed by atoms with Gasteiger partial charge >= 0.3 is 0 Å². The molecule has 7 aromatic carbocycles. The molecule has 1 N–H and O–H groups in total. The number of hydrogen-bond donors (Lipinski definition) is 1. The summed E-state index contributed by atoms with van der Waals surface area (Å²) in [5, 5.41) is 8.90. The minimum absolute atomic E-state index is 0.0412. The van der Waals surface area contributed by atoms with Crippen LogP contribution in [0, 0.1) is 17.8 Å². The molecular formula is C63H68N2S. The van der Waals surface area contributed by atoms with Crippen LogP contribution >= 0.6 is 11.9 Å². The summed E-state index contributed by atoms with van der Waals surface area (Å²) in [4.78, 5) is 0. The van der Waals surface area contributed by atoms with Gasteiger partial charge in [0, 0.05) is 11.8 Å². The Kier molecular flexibility index (Phi) is 12.0. The van der Waals surface area contributed by atoms with E-state index in [0.29, 0.717) is 5.88 Å². The number of nitrogens with one attached hydrogen (secondary N) is 1. The summed E-state index contributed by atoms with van der Waals surface area (Å²) >= 11 is 1.86. The van der Waals surface area contributed by atoms with Crippen molar-refractivity contribution in [2.75, 3.05) is 10.2 Å². The Labute approximate surface area is 400 Å². The standard InChI is InChI=1S/C63H68N2S/c1-42(2)34-54-57(63(10,11)33-32-60(54,4)5)40-64-41-66-65(59-39-56-55(35-43(59)3)61(6,7)30-31-62(56,8)9)58-29-27-47(45-22-16-13-17-23-45)37-53(58)52-38-48-24-18-19-25-49(48)51-36-46(26-28-50(51)52)44-20-14-12-15-21-44/h12-29,34-40,64H,1,30-33,41H2,2-11H3/b54-34?,57-40+. The quantitative estimate of drug-likeness (QED) is 0.0638. The van der Waals surface area contributed by atoms with Crippen LogP contribution in [0.25, 0.3) is 54.9 Å². The van der Waals surface area contributed by atoms with Crippen LogP contribution < -0.4 is 9.62 Å². The zero-order chi connectivity index (χ0) is 46.6. The highest BCUT2D eigenvalue weighted by atomic mass is 32.2. The fourth-order valence-electron chi connectivity index (χ4n) is 10.7. The van der Waals surface area contributed by atoms with Gasteiger partial charge in [0.05, 0.1) is 17.3 Å². The molecule has 9 rings (SSSR count). The van der Waals surface area contributed by atoms with Gasteiger partial charge in [0.15, 0.2) is 0 Å². The highest BCUT2D eigenvalue weighted by molar-refractivity contribution is 8.00. The number of anilines is 2. The van der Waals surface area contributed by atoms with E-state index >= 15 is 0 Å². The third kappa shape index (κ3) is 8.68. The number of fused-ring (bicyclic) bond motifs is 4. The summed E-state index contributed by atoms with van der Waals surface area (Å²) in [5.74, 6) is 0.685. The van der Waals surface area contributed by atoms with Crippen molar-refractivity contribution in [3.8, 4) is 33.4 Å². The van der Waals surface area contributed by atoms with Gasteiger partial charge in [-0.3, -0.25) is 4.31 Å². The first-order valence-electron chi connectivity index (χ1n) is 24.1. The Morgan fingerprint density at radius 2 is 1.11 bits per heavy atom. The maximum absolute atomic E-state index is 4.32. The average molecular weight is 885 g/mol. The highest BCUT2D eigenvalue weighted by Crippen LogP contribution is 2.53. The van der Waals surface area contributed by atoms with Gasteiger partial charge in [-0.05, 0) is 181 Å². The van der Waals surface area contributed by atoms with E-state index in [1.807, 2.05) is 11.9 Å². The van der Waals surface area contributed by atoms with Gasteiger partial charge in [0.2, 0.25) is 0 Å². The topological polar surface area (TPSA) is 15.3 Å². The second-order valence-electron chi connectivity index (χ2n) is 21.8. The van der Waals surface area contributed by atoms with Gasteiger partial charge in [0.1, 0.15) is 0 Å². The van der Waals surface area contributed by atoms with Gasteiger partial charge in [-0.1, -0.05) is 183 Å². The van der Waals surface area contributed by atoms with E-state index in [0.717, 1.165) is 24.8 Å². The lowest BCUT2D eigenvalue weighted by Crippen LogP contribution is -2.34. The minimum atomic E-state index is 0.0412. The van der Waals surface area contributed by atoms with Crippen molar-refractivity contribution in [1.29, 1.82) is 0 Å². The smallest absolute Gasteiger partial charge is 0.0809 e. The predicted molar refractivity (Wildman–Crippen MR) is 290 cm³/mol. The molecule has 1 fully saturated rings. The van der Waals surface area contributed by atoms with Gasteiger partial charge in [0.25, 0.3) is 0 Å². The van der Waals surface area contributed by atoms with Crippen LogP contribution in [0.15, 0.2) is 175 Å². The molecule has 0 bridgehead atoms. The molecule has 0 spiro atoms. The Bertz CT molecular complexity index is 3030. The van der Waals surface area contributed by atoms with Crippen LogP contribution in [-0.2, 0) is 10.8 Å². The van der Waals surface area contributed by atoms with Crippen LogP contribution in [0.3, 0.4) is 0 Å². The molecule has 0 heterocycles. The lowest BCUT2D eigenvalue weighted by atomic mass is 9.61. The second-order valence-corrected chi connectivity index (χ2v) is 22.7. The molecule has 0 atom stereocenters. The van der Waals surface area contributed by atoms with Crippen molar-refractivity contribution in [2.45, 2.75) is 106 Å². The van der Waals surface area contributed by atoms with Crippen LogP contribution in [0.2, 0.25) is 0 Å². The molecule has 7 aromatic rings. The first-order chi connectivity index (χ1) is 31.4. The Morgan fingerprint density at radius 1 is 0.545 bits per heavy atom.